The van der Waals surface area contributed by atoms with Crippen LogP contribution in [0.15, 0.2) is 18.2 Å². The molecule has 0 bridgehead atoms. The Labute approximate surface area is 157 Å². The minimum absolute atomic E-state index is 0. The van der Waals surface area contributed by atoms with E-state index in [1.54, 1.807) is 12.1 Å². The second-order valence-electron chi connectivity index (χ2n) is 7.00. The van der Waals surface area contributed by atoms with Crippen molar-refractivity contribution in [1.29, 1.82) is 0 Å². The molecule has 2 atom stereocenters. The number of sulfone groups is 1. The summed E-state index contributed by atoms with van der Waals surface area (Å²) in [5.74, 6) is 0.860. The van der Waals surface area contributed by atoms with Crippen molar-refractivity contribution in [2.24, 2.45) is 11.8 Å². The summed E-state index contributed by atoms with van der Waals surface area (Å²) >= 11 is 0. The zero-order valence-corrected chi connectivity index (χ0v) is 16.8. The molecule has 2 N–H and O–H groups in total. The van der Waals surface area contributed by atoms with Crippen molar-refractivity contribution >= 4 is 33.8 Å². The molecule has 0 saturated carbocycles. The predicted molar refractivity (Wildman–Crippen MR) is 105 cm³/mol. The van der Waals surface area contributed by atoms with Gasteiger partial charge in [-0.05, 0) is 61.9 Å². The van der Waals surface area contributed by atoms with E-state index in [0.29, 0.717) is 23.9 Å². The summed E-state index contributed by atoms with van der Waals surface area (Å²) in [6, 6.07) is 5.41. The van der Waals surface area contributed by atoms with E-state index in [2.05, 4.69) is 17.6 Å². The summed E-state index contributed by atoms with van der Waals surface area (Å²) in [4.78, 5) is 12.4. The number of rotatable bonds is 6. The molecule has 1 aromatic rings. The van der Waals surface area contributed by atoms with Gasteiger partial charge in [0.1, 0.15) is 0 Å². The average Bonchev–Trinajstić information content (AvgIpc) is 2.51. The molecule has 142 valence electrons. The van der Waals surface area contributed by atoms with Gasteiger partial charge < -0.3 is 10.6 Å². The van der Waals surface area contributed by atoms with E-state index in [4.69, 9.17) is 0 Å². The number of carbonyl (C=O) groups excluding carboxylic acids is 1. The Balaban J connectivity index is 0.00000312. The standard InChI is InChI=1S/C18H28N2O3S.ClH/c1-13(15-7-5-9-19-11-15)10-18(21)20-17-8-4-6-16(14(17)2)12-24(3,22)23;/h4,6,8,13,15,19H,5,7,9-12H2,1-3H3,(H,20,21);1H. The number of halogens is 1. The van der Waals surface area contributed by atoms with Crippen LogP contribution in [0.1, 0.15) is 37.3 Å². The van der Waals surface area contributed by atoms with Gasteiger partial charge in [0.2, 0.25) is 5.91 Å². The van der Waals surface area contributed by atoms with Crippen LogP contribution in [0.25, 0.3) is 0 Å². The molecule has 2 unspecified atom stereocenters. The van der Waals surface area contributed by atoms with Crippen LogP contribution in [-0.2, 0) is 20.4 Å². The van der Waals surface area contributed by atoms with Crippen molar-refractivity contribution in [1.82, 2.24) is 5.32 Å². The van der Waals surface area contributed by atoms with Crippen LogP contribution >= 0.6 is 12.4 Å². The zero-order chi connectivity index (χ0) is 17.7. The fraction of sp³-hybridized carbons (Fsp3) is 0.611. The van der Waals surface area contributed by atoms with Gasteiger partial charge in [0.25, 0.3) is 0 Å². The van der Waals surface area contributed by atoms with E-state index in [0.717, 1.165) is 24.2 Å². The molecule has 2 rings (SSSR count). The highest BCUT2D eigenvalue weighted by atomic mass is 35.5. The van der Waals surface area contributed by atoms with Gasteiger partial charge in [-0.3, -0.25) is 4.79 Å². The molecule has 1 aliphatic heterocycles. The van der Waals surface area contributed by atoms with Crippen LogP contribution in [-0.4, -0.2) is 33.7 Å². The maximum absolute atomic E-state index is 12.4. The van der Waals surface area contributed by atoms with Crippen molar-refractivity contribution in [2.45, 2.75) is 38.9 Å². The topological polar surface area (TPSA) is 75.3 Å². The first-order valence-corrected chi connectivity index (χ1v) is 10.6. The Hall–Kier alpha value is -1.11. The Bertz CT molecular complexity index is 686. The van der Waals surface area contributed by atoms with E-state index in [-0.39, 0.29) is 24.1 Å². The predicted octanol–water partition coefficient (Wildman–Crippen LogP) is 2.93. The van der Waals surface area contributed by atoms with Crippen LogP contribution in [0.5, 0.6) is 0 Å². The summed E-state index contributed by atoms with van der Waals surface area (Å²) in [7, 11) is -3.10. The van der Waals surface area contributed by atoms with E-state index < -0.39 is 9.84 Å². The lowest BCUT2D eigenvalue weighted by molar-refractivity contribution is -0.117. The number of nitrogens with one attached hydrogen (secondary N) is 2. The highest BCUT2D eigenvalue weighted by molar-refractivity contribution is 7.89. The number of carbonyl (C=O) groups is 1. The van der Waals surface area contributed by atoms with Gasteiger partial charge in [-0.2, -0.15) is 0 Å². The lowest BCUT2D eigenvalue weighted by Crippen LogP contribution is -2.34. The van der Waals surface area contributed by atoms with E-state index in [9.17, 15) is 13.2 Å². The highest BCUT2D eigenvalue weighted by Crippen LogP contribution is 2.25. The van der Waals surface area contributed by atoms with Gasteiger partial charge in [0.05, 0.1) is 5.75 Å². The normalized spacial score (nSPS) is 18.9. The van der Waals surface area contributed by atoms with Gasteiger partial charge in [-0.25, -0.2) is 8.42 Å². The lowest BCUT2D eigenvalue weighted by atomic mass is 9.85. The van der Waals surface area contributed by atoms with Gasteiger partial charge in [0, 0.05) is 18.4 Å². The third-order valence-corrected chi connectivity index (χ3v) is 5.62. The van der Waals surface area contributed by atoms with Gasteiger partial charge >= 0.3 is 0 Å². The molecule has 1 aromatic carbocycles. The lowest BCUT2D eigenvalue weighted by Gasteiger charge is -2.28. The molecule has 1 amide bonds. The fourth-order valence-corrected chi connectivity index (χ4v) is 4.16. The molecule has 1 aliphatic rings. The number of piperidine rings is 1. The molecule has 0 radical (unpaired) electrons. The molecule has 5 nitrogen and oxygen atoms in total. The van der Waals surface area contributed by atoms with Crippen molar-refractivity contribution in [3.63, 3.8) is 0 Å². The zero-order valence-electron chi connectivity index (χ0n) is 15.2. The third-order valence-electron chi connectivity index (χ3n) is 4.78. The van der Waals surface area contributed by atoms with Crippen LogP contribution in [0.3, 0.4) is 0 Å². The number of hydrogen-bond acceptors (Lipinski definition) is 4. The monoisotopic (exact) mass is 388 g/mol. The first-order valence-electron chi connectivity index (χ1n) is 8.53. The Morgan fingerprint density at radius 2 is 2.12 bits per heavy atom. The van der Waals surface area contributed by atoms with E-state index in [1.807, 2.05) is 13.0 Å². The number of amides is 1. The SMILES string of the molecule is Cc1c(CS(C)(=O)=O)cccc1NC(=O)CC(C)C1CCCNC1.Cl. The van der Waals surface area contributed by atoms with E-state index in [1.165, 1.54) is 19.1 Å². The van der Waals surface area contributed by atoms with Crippen molar-refractivity contribution in [2.75, 3.05) is 24.7 Å². The molecular formula is C18H29ClN2O3S. The molecule has 0 aromatic heterocycles. The van der Waals surface area contributed by atoms with Crippen molar-refractivity contribution in [3.05, 3.63) is 29.3 Å². The molecule has 1 fully saturated rings. The summed E-state index contributed by atoms with van der Waals surface area (Å²) < 4.78 is 23.0. The first-order chi connectivity index (χ1) is 11.3. The molecule has 1 heterocycles. The number of benzene rings is 1. The highest BCUT2D eigenvalue weighted by Gasteiger charge is 2.22. The summed E-state index contributed by atoms with van der Waals surface area (Å²) in [5, 5.41) is 6.34. The Kier molecular flexibility index (Phi) is 8.38. The number of anilines is 1. The second kappa shape index (κ2) is 9.55. The maximum atomic E-state index is 12.4. The van der Waals surface area contributed by atoms with E-state index >= 15 is 0 Å². The minimum atomic E-state index is -3.10. The van der Waals surface area contributed by atoms with Crippen LogP contribution in [0.2, 0.25) is 0 Å². The molecule has 0 aliphatic carbocycles. The molecule has 25 heavy (non-hydrogen) atoms. The van der Waals surface area contributed by atoms with Crippen LogP contribution < -0.4 is 10.6 Å². The molecule has 1 saturated heterocycles. The van der Waals surface area contributed by atoms with Crippen LogP contribution in [0.4, 0.5) is 5.69 Å². The minimum Gasteiger partial charge on any atom is -0.326 e. The molecule has 7 heteroatoms. The second-order valence-corrected chi connectivity index (χ2v) is 9.14. The van der Waals surface area contributed by atoms with Crippen molar-refractivity contribution < 1.29 is 13.2 Å². The summed E-state index contributed by atoms with van der Waals surface area (Å²) in [6.07, 6.45) is 4.05. The Morgan fingerprint density at radius 3 is 2.72 bits per heavy atom. The van der Waals surface area contributed by atoms with Crippen molar-refractivity contribution in [3.8, 4) is 0 Å². The first kappa shape index (κ1) is 21.9. The van der Waals surface area contributed by atoms with Gasteiger partial charge in [0.15, 0.2) is 9.84 Å². The average molecular weight is 389 g/mol. The van der Waals surface area contributed by atoms with Gasteiger partial charge in [-0.15, -0.1) is 12.4 Å². The van der Waals surface area contributed by atoms with Gasteiger partial charge in [-0.1, -0.05) is 19.1 Å². The summed E-state index contributed by atoms with van der Waals surface area (Å²) in [5.41, 5.74) is 2.26. The van der Waals surface area contributed by atoms with Crippen LogP contribution in [0, 0.1) is 18.8 Å². The smallest absolute Gasteiger partial charge is 0.224 e. The summed E-state index contributed by atoms with van der Waals surface area (Å²) in [6.45, 7) is 6.04. The number of hydrogen-bond donors (Lipinski definition) is 2. The Morgan fingerprint density at radius 1 is 1.40 bits per heavy atom. The quantitative estimate of drug-likeness (QED) is 0.785. The fourth-order valence-electron chi connectivity index (χ4n) is 3.28. The maximum Gasteiger partial charge on any atom is 0.224 e. The molecular weight excluding hydrogens is 360 g/mol. The largest absolute Gasteiger partial charge is 0.326 e. The molecule has 0 spiro atoms. The third kappa shape index (κ3) is 6.96.